The lowest BCUT2D eigenvalue weighted by molar-refractivity contribution is 0.375. The van der Waals surface area contributed by atoms with Crippen LogP contribution in [0, 0.1) is 0 Å². The molecule has 0 aliphatic carbocycles. The summed E-state index contributed by atoms with van der Waals surface area (Å²) in [4.78, 5) is 20.5. The van der Waals surface area contributed by atoms with E-state index in [1.165, 1.54) is 4.57 Å². The van der Waals surface area contributed by atoms with Crippen LogP contribution in [0.25, 0.3) is 0 Å². The maximum atomic E-state index is 12.0. The van der Waals surface area contributed by atoms with Crippen molar-refractivity contribution in [3.05, 3.63) is 46.3 Å². The third kappa shape index (κ3) is 3.15. The molecule has 0 aliphatic rings. The first-order valence-corrected chi connectivity index (χ1v) is 6.79. The van der Waals surface area contributed by atoms with Crippen LogP contribution in [-0.2, 0) is 12.0 Å². The van der Waals surface area contributed by atoms with Crippen LogP contribution in [0.2, 0.25) is 0 Å². The minimum absolute atomic E-state index is 0.0841. The molecule has 2 aromatic heterocycles. The summed E-state index contributed by atoms with van der Waals surface area (Å²) in [6, 6.07) is 1.57. The summed E-state index contributed by atoms with van der Waals surface area (Å²) < 4.78 is 7.19. The molecule has 0 unspecified atom stereocenters. The molecule has 108 valence electrons. The van der Waals surface area contributed by atoms with Gasteiger partial charge in [0.05, 0.1) is 18.2 Å². The number of hydrogen-bond donors (Lipinski definition) is 0. The van der Waals surface area contributed by atoms with Gasteiger partial charge in [-0.3, -0.25) is 9.36 Å². The third-order valence-corrected chi connectivity index (χ3v) is 3.09. The topological polar surface area (TPSA) is 60.9 Å². The Bertz CT molecular complexity index is 648. The summed E-state index contributed by atoms with van der Waals surface area (Å²) >= 11 is 0. The molecule has 2 rings (SSSR count). The van der Waals surface area contributed by atoms with Crippen LogP contribution in [0.5, 0.6) is 0 Å². The highest BCUT2D eigenvalue weighted by Gasteiger charge is 2.19. The summed E-state index contributed by atoms with van der Waals surface area (Å²) in [5, 5.41) is 0. The summed E-state index contributed by atoms with van der Waals surface area (Å²) in [6.45, 7) is 10.5. The van der Waals surface area contributed by atoms with Gasteiger partial charge in [-0.05, 0) is 5.92 Å². The number of nitrogens with zero attached hydrogens (tertiary/aromatic N) is 3. The molecule has 5 nitrogen and oxygen atoms in total. The van der Waals surface area contributed by atoms with Crippen LogP contribution < -0.4 is 5.56 Å². The molecule has 0 bridgehead atoms. The molecule has 2 aromatic rings. The molecule has 0 atom stereocenters. The van der Waals surface area contributed by atoms with Crippen molar-refractivity contribution in [3.8, 4) is 0 Å². The largest absolute Gasteiger partial charge is 0.443 e. The van der Waals surface area contributed by atoms with E-state index in [9.17, 15) is 4.79 Å². The SMILES string of the molecule is CC(C)c1cc(=O)n(Cc2ncc(C(C)(C)C)o2)cn1. The maximum absolute atomic E-state index is 12.0. The summed E-state index contributed by atoms with van der Waals surface area (Å²) in [5.41, 5.74) is 0.629. The number of rotatable bonds is 3. The summed E-state index contributed by atoms with van der Waals surface area (Å²) in [6.07, 6.45) is 3.27. The van der Waals surface area contributed by atoms with Crippen molar-refractivity contribution in [1.82, 2.24) is 14.5 Å². The summed E-state index contributed by atoms with van der Waals surface area (Å²) in [5.74, 6) is 1.58. The fourth-order valence-electron chi connectivity index (χ4n) is 1.75. The van der Waals surface area contributed by atoms with Crippen LogP contribution in [0.3, 0.4) is 0 Å². The van der Waals surface area contributed by atoms with Crippen LogP contribution >= 0.6 is 0 Å². The minimum atomic E-state index is -0.0873. The molecule has 0 saturated carbocycles. The lowest BCUT2D eigenvalue weighted by Crippen LogP contribution is -2.21. The second-order valence-electron chi connectivity index (χ2n) is 6.30. The van der Waals surface area contributed by atoms with Crippen LogP contribution in [-0.4, -0.2) is 14.5 Å². The number of oxazole rings is 1. The highest BCUT2D eigenvalue weighted by atomic mass is 16.4. The van der Waals surface area contributed by atoms with Crippen LogP contribution in [0.15, 0.2) is 27.8 Å². The normalized spacial score (nSPS) is 12.1. The molecule has 0 N–H and O–H groups in total. The zero-order chi connectivity index (χ0) is 14.9. The van der Waals surface area contributed by atoms with E-state index < -0.39 is 0 Å². The van der Waals surface area contributed by atoms with Crippen molar-refractivity contribution in [2.24, 2.45) is 0 Å². The predicted octanol–water partition coefficient (Wildman–Crippen LogP) is 2.70. The van der Waals surface area contributed by atoms with E-state index in [1.807, 2.05) is 13.8 Å². The Morgan fingerprint density at radius 1 is 1.30 bits per heavy atom. The molecule has 0 radical (unpaired) electrons. The standard InChI is InChI=1S/C15H21N3O2/c1-10(2)11-6-14(19)18(9-17-11)8-13-16-7-12(20-13)15(3,4)5/h6-7,9-10H,8H2,1-5H3. The van der Waals surface area contributed by atoms with E-state index in [0.717, 1.165) is 11.5 Å². The Morgan fingerprint density at radius 3 is 2.50 bits per heavy atom. The van der Waals surface area contributed by atoms with Gasteiger partial charge in [-0.1, -0.05) is 34.6 Å². The smallest absolute Gasteiger partial charge is 0.254 e. The van der Waals surface area contributed by atoms with Gasteiger partial charge in [-0.2, -0.15) is 0 Å². The van der Waals surface area contributed by atoms with Gasteiger partial charge in [0.2, 0.25) is 5.89 Å². The highest BCUT2D eigenvalue weighted by Crippen LogP contribution is 2.22. The highest BCUT2D eigenvalue weighted by molar-refractivity contribution is 5.07. The fourth-order valence-corrected chi connectivity index (χ4v) is 1.75. The second-order valence-corrected chi connectivity index (χ2v) is 6.30. The van der Waals surface area contributed by atoms with Crippen LogP contribution in [0.4, 0.5) is 0 Å². The van der Waals surface area contributed by atoms with Crippen molar-refractivity contribution in [1.29, 1.82) is 0 Å². The minimum Gasteiger partial charge on any atom is -0.443 e. The zero-order valence-electron chi connectivity index (χ0n) is 12.7. The van der Waals surface area contributed by atoms with Gasteiger partial charge < -0.3 is 4.42 Å². The molecule has 0 saturated heterocycles. The Balaban J connectivity index is 2.22. The zero-order valence-corrected chi connectivity index (χ0v) is 12.7. The van der Waals surface area contributed by atoms with Gasteiger partial charge >= 0.3 is 0 Å². The molecule has 0 aliphatic heterocycles. The molecule has 5 heteroatoms. The van der Waals surface area contributed by atoms with Gasteiger partial charge in [0.25, 0.3) is 5.56 Å². The van der Waals surface area contributed by atoms with Crippen molar-refractivity contribution in [2.45, 2.75) is 52.5 Å². The fraction of sp³-hybridized carbons (Fsp3) is 0.533. The van der Waals surface area contributed by atoms with E-state index in [-0.39, 0.29) is 16.9 Å². The van der Waals surface area contributed by atoms with E-state index in [4.69, 9.17) is 4.42 Å². The Morgan fingerprint density at radius 2 is 2.00 bits per heavy atom. The number of hydrogen-bond acceptors (Lipinski definition) is 4. The molecule has 0 amide bonds. The average molecular weight is 275 g/mol. The van der Waals surface area contributed by atoms with E-state index in [0.29, 0.717) is 12.4 Å². The molecule has 0 spiro atoms. The third-order valence-electron chi connectivity index (χ3n) is 3.09. The van der Waals surface area contributed by atoms with Crippen molar-refractivity contribution < 1.29 is 4.42 Å². The molecular formula is C15H21N3O2. The Kier molecular flexibility index (Phi) is 3.79. The quantitative estimate of drug-likeness (QED) is 0.864. The molecule has 0 fully saturated rings. The monoisotopic (exact) mass is 275 g/mol. The first-order valence-electron chi connectivity index (χ1n) is 6.79. The second kappa shape index (κ2) is 5.23. The van der Waals surface area contributed by atoms with Gasteiger partial charge in [-0.25, -0.2) is 9.97 Å². The predicted molar refractivity (Wildman–Crippen MR) is 76.9 cm³/mol. The lowest BCUT2D eigenvalue weighted by atomic mass is 9.94. The Labute approximate surface area is 118 Å². The number of aromatic nitrogens is 3. The van der Waals surface area contributed by atoms with Gasteiger partial charge in [0.1, 0.15) is 12.3 Å². The van der Waals surface area contributed by atoms with Crippen molar-refractivity contribution in [3.63, 3.8) is 0 Å². The first kappa shape index (κ1) is 14.5. The van der Waals surface area contributed by atoms with E-state index in [2.05, 4.69) is 30.7 Å². The van der Waals surface area contributed by atoms with Crippen molar-refractivity contribution in [2.75, 3.05) is 0 Å². The van der Waals surface area contributed by atoms with E-state index >= 15 is 0 Å². The maximum Gasteiger partial charge on any atom is 0.254 e. The summed E-state index contributed by atoms with van der Waals surface area (Å²) in [7, 11) is 0. The van der Waals surface area contributed by atoms with Gasteiger partial charge in [-0.15, -0.1) is 0 Å². The van der Waals surface area contributed by atoms with Crippen molar-refractivity contribution >= 4 is 0 Å². The lowest BCUT2D eigenvalue weighted by Gasteiger charge is -2.13. The molecule has 0 aromatic carbocycles. The average Bonchev–Trinajstić information content (AvgIpc) is 2.80. The van der Waals surface area contributed by atoms with Gasteiger partial charge in [0.15, 0.2) is 0 Å². The van der Waals surface area contributed by atoms with E-state index in [1.54, 1.807) is 18.6 Å². The molecule has 2 heterocycles. The Hall–Kier alpha value is -1.91. The van der Waals surface area contributed by atoms with Gasteiger partial charge in [0, 0.05) is 11.5 Å². The molecule has 20 heavy (non-hydrogen) atoms. The molecular weight excluding hydrogens is 254 g/mol. The van der Waals surface area contributed by atoms with Crippen LogP contribution in [0.1, 0.15) is 57.9 Å². The first-order chi connectivity index (χ1) is 9.27.